The van der Waals surface area contributed by atoms with Gasteiger partial charge in [0.05, 0.1) is 0 Å². The highest BCUT2D eigenvalue weighted by molar-refractivity contribution is 7.45. The second kappa shape index (κ2) is 40.9. The summed E-state index contributed by atoms with van der Waals surface area (Å²) in [5.74, 6) is 0. The molecule has 0 spiro atoms. The summed E-state index contributed by atoms with van der Waals surface area (Å²) in [5, 5.41) is 0. The minimum atomic E-state index is -4.64. The molecule has 0 atom stereocenters. The summed E-state index contributed by atoms with van der Waals surface area (Å²) in [6.07, 6.45) is 0. The van der Waals surface area contributed by atoms with Crippen molar-refractivity contribution < 1.29 is 63.1 Å². The minimum absolute atomic E-state index is 0. The minimum Gasteiger partial charge on any atom is -0.412 e. The van der Waals surface area contributed by atoms with Gasteiger partial charge in [0.2, 0.25) is 0 Å². The SMILES string of the molecule is O.O.O.O.O.O.O.O.O=P(O)(O)O. The van der Waals surface area contributed by atoms with Crippen molar-refractivity contribution in [3.63, 3.8) is 0 Å². The molecule has 0 fully saturated rings. The lowest BCUT2D eigenvalue weighted by molar-refractivity contribution is 0.275. The van der Waals surface area contributed by atoms with Crippen LogP contribution in [0.25, 0.3) is 0 Å². The van der Waals surface area contributed by atoms with Gasteiger partial charge in [0.25, 0.3) is 0 Å². The summed E-state index contributed by atoms with van der Waals surface area (Å²) < 4.78 is 8.88. The summed E-state index contributed by atoms with van der Waals surface area (Å²) >= 11 is 0. The third-order valence-electron chi connectivity index (χ3n) is 0. The van der Waals surface area contributed by atoms with Crippen molar-refractivity contribution >= 4 is 7.82 Å². The van der Waals surface area contributed by atoms with Gasteiger partial charge in [-0.3, -0.25) is 0 Å². The average Bonchev–Trinajstić information content (AvgIpc) is 0.722. The Labute approximate surface area is 72.2 Å². The largest absolute Gasteiger partial charge is 0.466 e. The van der Waals surface area contributed by atoms with E-state index in [-0.39, 0.29) is 43.8 Å². The van der Waals surface area contributed by atoms with Crippen molar-refractivity contribution in [3.8, 4) is 0 Å². The highest BCUT2D eigenvalue weighted by atomic mass is 31.2. The summed E-state index contributed by atoms with van der Waals surface area (Å²) in [6, 6.07) is 0. The zero-order valence-corrected chi connectivity index (χ0v) is 7.09. The molecule has 12 nitrogen and oxygen atoms in total. The normalized spacial score (nSPS) is 4.54. The summed E-state index contributed by atoms with van der Waals surface area (Å²) in [7, 11) is -4.64. The fraction of sp³-hybridized carbons (Fsp3) is 0. The van der Waals surface area contributed by atoms with E-state index in [4.69, 9.17) is 19.2 Å². The van der Waals surface area contributed by atoms with Crippen LogP contribution in [0.4, 0.5) is 0 Å². The highest BCUT2D eigenvalue weighted by Gasteiger charge is 2.00. The van der Waals surface area contributed by atoms with E-state index in [0.717, 1.165) is 0 Å². The van der Waals surface area contributed by atoms with E-state index in [1.807, 2.05) is 0 Å². The molecular formula is H19O12P. The number of phosphoric acid groups is 1. The van der Waals surface area contributed by atoms with Gasteiger partial charge in [-0.05, 0) is 0 Å². The second-order valence-corrected chi connectivity index (χ2v) is 1.54. The van der Waals surface area contributed by atoms with E-state index < -0.39 is 7.82 Å². The maximum atomic E-state index is 8.88. The summed E-state index contributed by atoms with van der Waals surface area (Å²) in [6.45, 7) is 0. The van der Waals surface area contributed by atoms with Crippen LogP contribution in [0.1, 0.15) is 0 Å². The van der Waals surface area contributed by atoms with Crippen LogP contribution in [0, 0.1) is 0 Å². The lowest BCUT2D eigenvalue weighted by Crippen LogP contribution is -1.66. The fourth-order valence-electron chi connectivity index (χ4n) is 0. The van der Waals surface area contributed by atoms with Crippen LogP contribution < -0.4 is 0 Å². The van der Waals surface area contributed by atoms with E-state index in [1.165, 1.54) is 0 Å². The molecule has 0 saturated heterocycles. The van der Waals surface area contributed by atoms with Gasteiger partial charge in [-0.15, -0.1) is 0 Å². The molecule has 0 heterocycles. The third-order valence-corrected chi connectivity index (χ3v) is 0. The molecule has 0 aromatic rings. The number of hydrogen-bond acceptors (Lipinski definition) is 1. The van der Waals surface area contributed by atoms with Gasteiger partial charge in [-0.2, -0.15) is 0 Å². The maximum Gasteiger partial charge on any atom is 0.466 e. The lowest BCUT2D eigenvalue weighted by atomic mass is 15.8. The van der Waals surface area contributed by atoms with Crippen molar-refractivity contribution in [1.29, 1.82) is 0 Å². The Morgan fingerprint density at radius 1 is 0.538 bits per heavy atom. The monoisotopic (exact) mass is 242 g/mol. The van der Waals surface area contributed by atoms with Crippen molar-refractivity contribution in [1.82, 2.24) is 0 Å². The molecule has 0 unspecified atom stereocenters. The summed E-state index contributed by atoms with van der Waals surface area (Å²) in [5.41, 5.74) is 0. The van der Waals surface area contributed by atoms with E-state index in [1.54, 1.807) is 0 Å². The average molecular weight is 242 g/mol. The Bertz CT molecular complexity index is 51.3. The Morgan fingerprint density at radius 2 is 0.538 bits per heavy atom. The fourth-order valence-corrected chi connectivity index (χ4v) is 0. The smallest absolute Gasteiger partial charge is 0.412 e. The molecular weight excluding hydrogens is 223 g/mol. The van der Waals surface area contributed by atoms with E-state index in [9.17, 15) is 0 Å². The first-order chi connectivity index (χ1) is 2.00. The van der Waals surface area contributed by atoms with Crippen molar-refractivity contribution in [2.45, 2.75) is 0 Å². The molecule has 0 aliphatic carbocycles. The first-order valence-electron chi connectivity index (χ1n) is 0.783. The van der Waals surface area contributed by atoms with Crippen molar-refractivity contribution in [2.24, 2.45) is 0 Å². The number of hydrogen-bond donors (Lipinski definition) is 3. The molecule has 0 radical (unpaired) electrons. The number of rotatable bonds is 0. The van der Waals surface area contributed by atoms with Crippen LogP contribution in [0.15, 0.2) is 0 Å². The third kappa shape index (κ3) is 25600. The van der Waals surface area contributed by atoms with Gasteiger partial charge in [0, 0.05) is 0 Å². The predicted octanol–water partition coefficient (Wildman–Crippen LogP) is -7.53. The molecule has 0 amide bonds. The zero-order chi connectivity index (χ0) is 4.50. The Balaban J connectivity index is -0.00000000286. The van der Waals surface area contributed by atoms with Gasteiger partial charge in [0.15, 0.2) is 0 Å². The predicted molar refractivity (Wildman–Crippen MR) is 43.2 cm³/mol. The van der Waals surface area contributed by atoms with E-state index >= 15 is 0 Å². The van der Waals surface area contributed by atoms with Crippen molar-refractivity contribution in [3.05, 3.63) is 0 Å². The molecule has 0 aromatic heterocycles. The van der Waals surface area contributed by atoms with E-state index in [2.05, 4.69) is 0 Å². The molecule has 0 saturated carbocycles. The maximum absolute atomic E-state index is 8.88. The van der Waals surface area contributed by atoms with Crippen LogP contribution in [0.3, 0.4) is 0 Å². The van der Waals surface area contributed by atoms with Crippen LogP contribution >= 0.6 is 7.82 Å². The van der Waals surface area contributed by atoms with Gasteiger partial charge >= 0.3 is 7.82 Å². The molecule has 19 N–H and O–H groups in total. The molecule has 0 bridgehead atoms. The van der Waals surface area contributed by atoms with Gasteiger partial charge in [-0.25, -0.2) is 4.57 Å². The van der Waals surface area contributed by atoms with Crippen LogP contribution in [-0.2, 0) is 4.57 Å². The summed E-state index contributed by atoms with van der Waals surface area (Å²) in [4.78, 5) is 21.6. The van der Waals surface area contributed by atoms with Crippen molar-refractivity contribution in [2.75, 3.05) is 0 Å². The molecule has 13 heteroatoms. The Hall–Kier alpha value is -0.210. The van der Waals surface area contributed by atoms with Crippen LogP contribution in [-0.4, -0.2) is 58.5 Å². The highest BCUT2D eigenvalue weighted by Crippen LogP contribution is 2.25. The molecule has 0 aliphatic rings. The molecule has 13 heavy (non-hydrogen) atoms. The molecule has 0 aromatic carbocycles. The Kier molecular flexibility index (Phi) is 390. The lowest BCUT2D eigenvalue weighted by Gasteiger charge is -1.82. The molecule has 0 rings (SSSR count). The van der Waals surface area contributed by atoms with E-state index in [0.29, 0.717) is 0 Å². The van der Waals surface area contributed by atoms with Gasteiger partial charge in [0.1, 0.15) is 0 Å². The van der Waals surface area contributed by atoms with Crippen LogP contribution in [0.2, 0.25) is 0 Å². The molecule has 96 valence electrons. The van der Waals surface area contributed by atoms with Gasteiger partial charge < -0.3 is 58.5 Å². The topological polar surface area (TPSA) is 330 Å². The second-order valence-electron chi connectivity index (χ2n) is 0.513. The zero-order valence-electron chi connectivity index (χ0n) is 6.20. The standard InChI is InChI=1S/H3O4P.8H2O/c1-5(2,3)4;;;;;;;;/h(H3,1,2,3,4);8*1H2. The first-order valence-corrected chi connectivity index (χ1v) is 2.35. The Morgan fingerprint density at radius 3 is 0.538 bits per heavy atom. The van der Waals surface area contributed by atoms with Gasteiger partial charge in [-0.1, -0.05) is 0 Å². The molecule has 0 aliphatic heterocycles. The first kappa shape index (κ1) is 124. The quantitative estimate of drug-likeness (QED) is 0.347. The van der Waals surface area contributed by atoms with Crippen LogP contribution in [0.5, 0.6) is 0 Å².